The van der Waals surface area contributed by atoms with Gasteiger partial charge in [0, 0.05) is 13.0 Å². The maximum Gasteiger partial charge on any atom is 0.306 e. The predicted octanol–water partition coefficient (Wildman–Crippen LogP) is 8.86. The topological polar surface area (TPSA) is 55.8 Å². The van der Waals surface area contributed by atoms with Crippen molar-refractivity contribution in [2.24, 2.45) is 0 Å². The molecular formula is C31H58O4. The number of carbonyl (C=O) groups is 1. The summed E-state index contributed by atoms with van der Waals surface area (Å²) in [5, 5.41) is 9.43. The standard InChI is InChI=1S/C31H58O4/c1-3-5-7-9-11-12-13-14-15-16-17-18-19-20-21-22-24-26-31(33)35-30(28-32)29-34-27-25-23-10-8-6-4-2/h11-12,14-15,30,32H,3-10,13,16-29H2,1-2H3/b12-11-,15-14-. The third-order valence-electron chi connectivity index (χ3n) is 6.28. The Bertz CT molecular complexity index is 486. The maximum absolute atomic E-state index is 12.0. The molecule has 0 amide bonds. The van der Waals surface area contributed by atoms with Crippen LogP contribution in [0.25, 0.3) is 0 Å². The molecule has 0 aromatic heterocycles. The number of aliphatic hydroxyl groups is 1. The zero-order valence-electron chi connectivity index (χ0n) is 23.3. The molecule has 0 spiro atoms. The lowest BCUT2D eigenvalue weighted by atomic mass is 10.1. The van der Waals surface area contributed by atoms with Gasteiger partial charge < -0.3 is 14.6 Å². The summed E-state index contributed by atoms with van der Waals surface area (Å²) in [6.45, 7) is 5.26. The Kier molecular flexibility index (Phi) is 28.2. The molecule has 0 aliphatic carbocycles. The van der Waals surface area contributed by atoms with E-state index in [4.69, 9.17) is 9.47 Å². The molecule has 1 N–H and O–H groups in total. The minimum absolute atomic E-state index is 0.173. The van der Waals surface area contributed by atoms with Gasteiger partial charge in [-0.3, -0.25) is 4.79 Å². The Morgan fingerprint density at radius 3 is 1.83 bits per heavy atom. The smallest absolute Gasteiger partial charge is 0.306 e. The van der Waals surface area contributed by atoms with Crippen LogP contribution in [-0.2, 0) is 14.3 Å². The summed E-state index contributed by atoms with van der Waals surface area (Å²) in [5.74, 6) is -0.213. The summed E-state index contributed by atoms with van der Waals surface area (Å²) in [6.07, 6.45) is 32.1. The highest BCUT2D eigenvalue weighted by molar-refractivity contribution is 5.69. The number of hydrogen-bond donors (Lipinski definition) is 1. The van der Waals surface area contributed by atoms with Crippen LogP contribution in [0.2, 0.25) is 0 Å². The first-order valence-electron chi connectivity index (χ1n) is 14.9. The van der Waals surface area contributed by atoms with Crippen LogP contribution in [0.15, 0.2) is 24.3 Å². The Hall–Kier alpha value is -1.13. The Balaban J connectivity index is 3.46. The molecule has 0 aliphatic heterocycles. The molecule has 1 atom stereocenters. The second kappa shape index (κ2) is 29.1. The molecule has 0 bridgehead atoms. The Labute approximate surface area is 217 Å². The molecule has 0 fully saturated rings. The van der Waals surface area contributed by atoms with Crippen molar-refractivity contribution in [1.29, 1.82) is 0 Å². The molecule has 0 aromatic carbocycles. The number of hydrogen-bond acceptors (Lipinski definition) is 4. The second-order valence-corrected chi connectivity index (χ2v) is 9.82. The third-order valence-corrected chi connectivity index (χ3v) is 6.28. The molecule has 0 heterocycles. The number of carbonyl (C=O) groups excluding carboxylic acids is 1. The molecule has 0 saturated heterocycles. The van der Waals surface area contributed by atoms with Crippen molar-refractivity contribution in [3.63, 3.8) is 0 Å². The van der Waals surface area contributed by atoms with Gasteiger partial charge in [0.15, 0.2) is 0 Å². The van der Waals surface area contributed by atoms with E-state index in [0.29, 0.717) is 19.6 Å². The summed E-state index contributed by atoms with van der Waals surface area (Å²) in [7, 11) is 0. The van der Waals surface area contributed by atoms with E-state index in [1.165, 1.54) is 96.3 Å². The first kappa shape index (κ1) is 33.9. The Morgan fingerprint density at radius 2 is 1.20 bits per heavy atom. The molecule has 206 valence electrons. The zero-order valence-corrected chi connectivity index (χ0v) is 23.3. The molecule has 0 aromatic rings. The predicted molar refractivity (Wildman–Crippen MR) is 150 cm³/mol. The van der Waals surface area contributed by atoms with E-state index in [1.54, 1.807) is 0 Å². The van der Waals surface area contributed by atoms with Crippen molar-refractivity contribution >= 4 is 5.97 Å². The molecule has 4 heteroatoms. The quantitative estimate of drug-likeness (QED) is 0.0703. The minimum atomic E-state index is -0.529. The summed E-state index contributed by atoms with van der Waals surface area (Å²) in [6, 6.07) is 0. The normalized spacial score (nSPS) is 12.7. The molecular weight excluding hydrogens is 436 g/mol. The van der Waals surface area contributed by atoms with Gasteiger partial charge in [-0.2, -0.15) is 0 Å². The lowest BCUT2D eigenvalue weighted by molar-refractivity contribution is -0.154. The van der Waals surface area contributed by atoms with E-state index in [2.05, 4.69) is 38.2 Å². The van der Waals surface area contributed by atoms with Crippen LogP contribution >= 0.6 is 0 Å². The lowest BCUT2D eigenvalue weighted by Gasteiger charge is -2.15. The number of aliphatic hydroxyl groups excluding tert-OH is 1. The van der Waals surface area contributed by atoms with Gasteiger partial charge in [-0.1, -0.05) is 115 Å². The van der Waals surface area contributed by atoms with Gasteiger partial charge in [-0.15, -0.1) is 0 Å². The second-order valence-electron chi connectivity index (χ2n) is 9.82. The summed E-state index contributed by atoms with van der Waals surface area (Å²) < 4.78 is 11.0. The van der Waals surface area contributed by atoms with Gasteiger partial charge >= 0.3 is 5.97 Å². The van der Waals surface area contributed by atoms with Crippen molar-refractivity contribution in [2.45, 2.75) is 148 Å². The molecule has 0 radical (unpaired) electrons. The van der Waals surface area contributed by atoms with Gasteiger partial charge in [0.25, 0.3) is 0 Å². The molecule has 0 saturated carbocycles. The number of rotatable bonds is 27. The average Bonchev–Trinajstić information content (AvgIpc) is 2.86. The lowest BCUT2D eigenvalue weighted by Crippen LogP contribution is -2.27. The fraction of sp³-hybridized carbons (Fsp3) is 0.839. The van der Waals surface area contributed by atoms with Gasteiger partial charge in [-0.25, -0.2) is 0 Å². The monoisotopic (exact) mass is 494 g/mol. The van der Waals surface area contributed by atoms with Crippen LogP contribution in [0, 0.1) is 0 Å². The molecule has 0 rings (SSSR count). The van der Waals surface area contributed by atoms with Crippen LogP contribution in [0.5, 0.6) is 0 Å². The van der Waals surface area contributed by atoms with Crippen LogP contribution in [-0.4, -0.2) is 37.0 Å². The van der Waals surface area contributed by atoms with Crippen LogP contribution in [0.1, 0.15) is 142 Å². The van der Waals surface area contributed by atoms with Crippen molar-refractivity contribution in [3.05, 3.63) is 24.3 Å². The van der Waals surface area contributed by atoms with E-state index in [-0.39, 0.29) is 12.6 Å². The first-order valence-corrected chi connectivity index (χ1v) is 14.9. The highest BCUT2D eigenvalue weighted by Gasteiger charge is 2.13. The number of unbranched alkanes of at least 4 members (excludes halogenated alkanes) is 15. The summed E-state index contributed by atoms with van der Waals surface area (Å²) in [5.41, 5.74) is 0. The highest BCUT2D eigenvalue weighted by Crippen LogP contribution is 2.11. The van der Waals surface area contributed by atoms with Gasteiger partial charge in [0.05, 0.1) is 13.2 Å². The fourth-order valence-corrected chi connectivity index (χ4v) is 4.00. The van der Waals surface area contributed by atoms with E-state index >= 15 is 0 Å². The van der Waals surface area contributed by atoms with Gasteiger partial charge in [0.1, 0.15) is 6.10 Å². The van der Waals surface area contributed by atoms with Gasteiger partial charge in [0.2, 0.25) is 0 Å². The van der Waals surface area contributed by atoms with Crippen LogP contribution < -0.4 is 0 Å². The first-order chi connectivity index (χ1) is 17.2. The molecule has 4 nitrogen and oxygen atoms in total. The van der Waals surface area contributed by atoms with Crippen molar-refractivity contribution in [2.75, 3.05) is 19.8 Å². The highest BCUT2D eigenvalue weighted by atomic mass is 16.6. The summed E-state index contributed by atoms with van der Waals surface area (Å²) in [4.78, 5) is 12.0. The fourth-order valence-electron chi connectivity index (χ4n) is 4.00. The number of allylic oxidation sites excluding steroid dienone is 4. The van der Waals surface area contributed by atoms with Gasteiger partial charge in [-0.05, 0) is 44.9 Å². The van der Waals surface area contributed by atoms with E-state index in [9.17, 15) is 9.90 Å². The molecule has 0 aliphatic rings. The SMILES string of the molecule is CCCCC/C=C\C/C=C\CCCCCCCCCC(=O)OC(CO)COCCCCCCCC. The maximum atomic E-state index is 12.0. The number of esters is 1. The van der Waals surface area contributed by atoms with Crippen molar-refractivity contribution in [1.82, 2.24) is 0 Å². The van der Waals surface area contributed by atoms with Crippen molar-refractivity contribution in [3.8, 4) is 0 Å². The van der Waals surface area contributed by atoms with E-state index in [1.807, 2.05) is 0 Å². The minimum Gasteiger partial charge on any atom is -0.457 e. The molecule has 35 heavy (non-hydrogen) atoms. The average molecular weight is 495 g/mol. The number of ether oxygens (including phenoxy) is 2. The third kappa shape index (κ3) is 27.3. The zero-order chi connectivity index (χ0) is 25.7. The van der Waals surface area contributed by atoms with E-state index in [0.717, 1.165) is 25.7 Å². The molecule has 1 unspecified atom stereocenters. The summed E-state index contributed by atoms with van der Waals surface area (Å²) >= 11 is 0. The van der Waals surface area contributed by atoms with Crippen molar-refractivity contribution < 1.29 is 19.4 Å². The van der Waals surface area contributed by atoms with E-state index < -0.39 is 6.10 Å². The largest absolute Gasteiger partial charge is 0.457 e. The van der Waals surface area contributed by atoms with Crippen LogP contribution in [0.4, 0.5) is 0 Å². The van der Waals surface area contributed by atoms with Crippen LogP contribution in [0.3, 0.4) is 0 Å². The Morgan fingerprint density at radius 1 is 0.686 bits per heavy atom.